The van der Waals surface area contributed by atoms with E-state index >= 15 is 0 Å². The fraction of sp³-hybridized carbons (Fsp3) is 0.261. The highest BCUT2D eigenvalue weighted by Crippen LogP contribution is 2.35. The lowest BCUT2D eigenvalue weighted by atomic mass is 9.98. The van der Waals surface area contributed by atoms with Crippen molar-refractivity contribution in [1.29, 1.82) is 0 Å². The Morgan fingerprint density at radius 1 is 1.04 bits per heavy atom. The van der Waals surface area contributed by atoms with E-state index in [2.05, 4.69) is 11.5 Å². The normalized spacial score (nSPS) is 10.9. The van der Waals surface area contributed by atoms with E-state index in [1.165, 1.54) is 0 Å². The molecule has 0 aliphatic carbocycles. The molecule has 0 saturated heterocycles. The van der Waals surface area contributed by atoms with Crippen LogP contribution in [0.4, 0.5) is 0 Å². The summed E-state index contributed by atoms with van der Waals surface area (Å²) in [6, 6.07) is 14.1. The van der Waals surface area contributed by atoms with Crippen molar-refractivity contribution >= 4 is 5.91 Å². The Morgan fingerprint density at radius 3 is 2.36 bits per heavy atom. The van der Waals surface area contributed by atoms with Crippen molar-refractivity contribution in [2.24, 2.45) is 5.73 Å². The molecule has 3 aromatic rings. The zero-order valence-corrected chi connectivity index (χ0v) is 16.3. The lowest BCUT2D eigenvalue weighted by Crippen LogP contribution is -2.14. The van der Waals surface area contributed by atoms with Crippen molar-refractivity contribution in [3.63, 3.8) is 0 Å². The van der Waals surface area contributed by atoms with Gasteiger partial charge in [0.15, 0.2) is 0 Å². The molecule has 1 heterocycles. The molecule has 0 saturated carbocycles. The summed E-state index contributed by atoms with van der Waals surface area (Å²) < 4.78 is 2.16. The molecule has 146 valence electrons. The first kappa shape index (κ1) is 19.5. The third-order valence-corrected chi connectivity index (χ3v) is 5.06. The smallest absolute Gasteiger partial charge is 0.251 e. The maximum absolute atomic E-state index is 12.3. The van der Waals surface area contributed by atoms with Gasteiger partial charge in [0.05, 0.1) is 5.56 Å². The largest absolute Gasteiger partial charge is 0.508 e. The van der Waals surface area contributed by atoms with E-state index in [0.717, 1.165) is 47.3 Å². The van der Waals surface area contributed by atoms with Gasteiger partial charge in [0.25, 0.3) is 5.91 Å². The van der Waals surface area contributed by atoms with Gasteiger partial charge >= 0.3 is 0 Å². The second-order valence-electron chi connectivity index (χ2n) is 7.01. The van der Waals surface area contributed by atoms with Gasteiger partial charge in [0, 0.05) is 23.5 Å². The van der Waals surface area contributed by atoms with Gasteiger partial charge < -0.3 is 20.5 Å². The number of carbonyl (C=O) groups excluding carboxylic acids is 1. The van der Waals surface area contributed by atoms with Crippen molar-refractivity contribution in [3.8, 4) is 22.6 Å². The molecule has 3 rings (SSSR count). The summed E-state index contributed by atoms with van der Waals surface area (Å²) in [5.74, 6) is -0.0591. The van der Waals surface area contributed by atoms with Crippen LogP contribution in [0.1, 0.15) is 40.7 Å². The van der Waals surface area contributed by atoms with Crippen molar-refractivity contribution in [2.75, 3.05) is 0 Å². The van der Waals surface area contributed by atoms with Gasteiger partial charge in [-0.2, -0.15) is 0 Å². The highest BCUT2D eigenvalue weighted by Gasteiger charge is 2.24. The number of aromatic hydroxyl groups is 2. The number of nitrogens with zero attached hydrogens (tertiary/aromatic N) is 1. The van der Waals surface area contributed by atoms with Crippen LogP contribution in [0.5, 0.6) is 11.5 Å². The third-order valence-electron chi connectivity index (χ3n) is 5.06. The predicted octanol–water partition coefficient (Wildman–Crippen LogP) is 4.17. The summed E-state index contributed by atoms with van der Waals surface area (Å²) in [6.07, 6.45) is 2.49. The molecule has 1 amide bonds. The molecule has 0 spiro atoms. The second kappa shape index (κ2) is 8.21. The van der Waals surface area contributed by atoms with Crippen LogP contribution >= 0.6 is 0 Å². The number of rotatable bonds is 7. The molecule has 0 bridgehead atoms. The number of hydrogen-bond acceptors (Lipinski definition) is 3. The summed E-state index contributed by atoms with van der Waals surface area (Å²) in [6.45, 7) is 4.72. The van der Waals surface area contributed by atoms with Gasteiger partial charge in [0.2, 0.25) is 0 Å². The van der Waals surface area contributed by atoms with Gasteiger partial charge in [-0.15, -0.1) is 0 Å². The Kier molecular flexibility index (Phi) is 5.73. The van der Waals surface area contributed by atoms with Crippen LogP contribution in [0.3, 0.4) is 0 Å². The molecule has 5 nitrogen and oxygen atoms in total. The van der Waals surface area contributed by atoms with Gasteiger partial charge in [-0.1, -0.05) is 37.6 Å². The Bertz CT molecular complexity index is 988. The first-order chi connectivity index (χ1) is 13.4. The molecule has 1 aromatic heterocycles. The fourth-order valence-corrected chi connectivity index (χ4v) is 3.77. The number of aryl methyl sites for hydroxylation is 1. The van der Waals surface area contributed by atoms with E-state index in [1.54, 1.807) is 30.3 Å². The topological polar surface area (TPSA) is 88.5 Å². The highest BCUT2D eigenvalue weighted by molar-refractivity contribution is 6.02. The van der Waals surface area contributed by atoms with Crippen LogP contribution in [0.25, 0.3) is 11.1 Å². The summed E-state index contributed by atoms with van der Waals surface area (Å²) in [4.78, 5) is 12.3. The molecule has 0 radical (unpaired) electrons. The monoisotopic (exact) mass is 378 g/mol. The summed E-state index contributed by atoms with van der Waals surface area (Å²) >= 11 is 0. The van der Waals surface area contributed by atoms with Crippen molar-refractivity contribution in [3.05, 3.63) is 71.0 Å². The minimum Gasteiger partial charge on any atom is -0.508 e. The number of hydrogen-bond donors (Lipinski definition) is 3. The minimum absolute atomic E-state index is 0.157. The standard InChI is InChI=1S/C23H26N2O3/c1-3-5-20-22(17-6-4-7-19(27)14-17)21(23(24)28)15(2)25(20)13-12-16-8-10-18(26)11-9-16/h4,6-11,14,26-27H,3,5,12-13H2,1-2H3,(H2,24,28). The van der Waals surface area contributed by atoms with E-state index in [0.29, 0.717) is 12.1 Å². The maximum atomic E-state index is 12.3. The van der Waals surface area contributed by atoms with Gasteiger partial charge in [-0.25, -0.2) is 0 Å². The van der Waals surface area contributed by atoms with Crippen molar-refractivity contribution < 1.29 is 15.0 Å². The highest BCUT2D eigenvalue weighted by atomic mass is 16.3. The average Bonchev–Trinajstić information content (AvgIpc) is 2.93. The number of primary amides is 1. The number of phenols is 2. The Hall–Kier alpha value is -3.21. The van der Waals surface area contributed by atoms with Gasteiger partial charge in [0.1, 0.15) is 11.5 Å². The summed E-state index contributed by atoms with van der Waals surface area (Å²) in [5.41, 5.74) is 10.9. The van der Waals surface area contributed by atoms with E-state index < -0.39 is 5.91 Å². The number of benzene rings is 2. The average molecular weight is 378 g/mol. The van der Waals surface area contributed by atoms with Crippen LogP contribution in [0.2, 0.25) is 0 Å². The zero-order valence-electron chi connectivity index (χ0n) is 16.3. The van der Waals surface area contributed by atoms with Crippen molar-refractivity contribution in [1.82, 2.24) is 4.57 Å². The first-order valence-corrected chi connectivity index (χ1v) is 9.51. The van der Waals surface area contributed by atoms with Crippen LogP contribution < -0.4 is 5.73 Å². The lowest BCUT2D eigenvalue weighted by molar-refractivity contribution is 0.1000. The zero-order chi connectivity index (χ0) is 20.3. The molecular weight excluding hydrogens is 352 g/mol. The maximum Gasteiger partial charge on any atom is 0.251 e. The number of aromatic nitrogens is 1. The van der Waals surface area contributed by atoms with Crippen LogP contribution in [-0.2, 0) is 19.4 Å². The lowest BCUT2D eigenvalue weighted by Gasteiger charge is -2.13. The van der Waals surface area contributed by atoms with Crippen LogP contribution in [0, 0.1) is 6.92 Å². The molecule has 2 aromatic carbocycles. The summed E-state index contributed by atoms with van der Waals surface area (Å²) in [7, 11) is 0. The fourth-order valence-electron chi connectivity index (χ4n) is 3.77. The Labute approximate surface area is 165 Å². The van der Waals surface area contributed by atoms with Crippen molar-refractivity contribution in [2.45, 2.75) is 39.7 Å². The molecule has 0 atom stereocenters. The molecule has 28 heavy (non-hydrogen) atoms. The third kappa shape index (κ3) is 3.88. The SMILES string of the molecule is CCCc1c(-c2cccc(O)c2)c(C(N)=O)c(C)n1CCc1ccc(O)cc1. The Morgan fingerprint density at radius 2 is 1.75 bits per heavy atom. The van der Waals surface area contributed by atoms with E-state index in [1.807, 2.05) is 25.1 Å². The minimum atomic E-state index is -0.462. The number of carbonyl (C=O) groups is 1. The molecule has 5 heteroatoms. The number of amides is 1. The van der Waals surface area contributed by atoms with E-state index in [4.69, 9.17) is 5.73 Å². The van der Waals surface area contributed by atoms with Gasteiger partial charge in [-0.05, 0) is 55.2 Å². The van der Waals surface area contributed by atoms with Crippen LogP contribution in [0.15, 0.2) is 48.5 Å². The molecule has 0 unspecified atom stereocenters. The number of phenolic OH excluding ortho intramolecular Hbond substituents is 2. The first-order valence-electron chi connectivity index (χ1n) is 9.51. The van der Waals surface area contributed by atoms with E-state index in [9.17, 15) is 15.0 Å². The van der Waals surface area contributed by atoms with Gasteiger partial charge in [-0.3, -0.25) is 4.79 Å². The quantitative estimate of drug-likeness (QED) is 0.576. The van der Waals surface area contributed by atoms with E-state index in [-0.39, 0.29) is 11.5 Å². The molecule has 0 fully saturated rings. The Balaban J connectivity index is 2.09. The predicted molar refractivity (Wildman–Crippen MR) is 111 cm³/mol. The summed E-state index contributed by atoms with van der Waals surface area (Å²) in [5, 5.41) is 19.4. The molecular formula is C23H26N2O3. The molecule has 4 N–H and O–H groups in total. The van der Waals surface area contributed by atoms with Crippen LogP contribution in [-0.4, -0.2) is 20.7 Å². The second-order valence-corrected chi connectivity index (χ2v) is 7.01. The number of nitrogens with two attached hydrogens (primary N) is 1. The molecule has 0 aliphatic heterocycles. The molecule has 0 aliphatic rings.